The first-order valence-corrected chi connectivity index (χ1v) is 11.7. The smallest absolute Gasteiger partial charge is 0.175 e. The summed E-state index contributed by atoms with van der Waals surface area (Å²) in [6, 6.07) is 20.0. The highest BCUT2D eigenvalue weighted by Crippen LogP contribution is 2.37. The van der Waals surface area contributed by atoms with Gasteiger partial charge in [0.05, 0.1) is 30.9 Å². The van der Waals surface area contributed by atoms with Gasteiger partial charge in [-0.1, -0.05) is 30.3 Å². The second-order valence-corrected chi connectivity index (χ2v) is 8.68. The Labute approximate surface area is 205 Å². The van der Waals surface area contributed by atoms with E-state index >= 15 is 0 Å². The van der Waals surface area contributed by atoms with E-state index in [9.17, 15) is 0 Å². The summed E-state index contributed by atoms with van der Waals surface area (Å²) in [5.74, 6) is 2.19. The normalized spacial score (nSPS) is 10.8. The van der Waals surface area contributed by atoms with Crippen LogP contribution in [0.5, 0.6) is 17.2 Å². The number of halogens is 2. The summed E-state index contributed by atoms with van der Waals surface area (Å²) < 4.78 is 19.3. The van der Waals surface area contributed by atoms with Crippen molar-refractivity contribution < 1.29 is 14.2 Å². The quantitative estimate of drug-likeness (QED) is 0.173. The Hall–Kier alpha value is -2.26. The van der Waals surface area contributed by atoms with Crippen molar-refractivity contribution in [1.82, 2.24) is 5.43 Å². The highest BCUT2D eigenvalue weighted by Gasteiger charge is 2.12. The lowest BCUT2D eigenvalue weighted by atomic mass is 10.2. The molecule has 162 valence electrons. The van der Waals surface area contributed by atoms with Crippen molar-refractivity contribution >= 4 is 44.7 Å². The van der Waals surface area contributed by atoms with Gasteiger partial charge >= 0.3 is 0 Å². The van der Waals surface area contributed by atoms with E-state index in [0.29, 0.717) is 31.3 Å². The Bertz CT molecular complexity index is 1030. The molecule has 3 aromatic rings. The van der Waals surface area contributed by atoms with Gasteiger partial charge < -0.3 is 19.6 Å². The van der Waals surface area contributed by atoms with E-state index in [1.807, 2.05) is 43.3 Å². The van der Waals surface area contributed by atoms with Crippen LogP contribution in [0.3, 0.4) is 0 Å². The average Bonchev–Trinajstić information content (AvgIpc) is 2.78. The molecule has 5 nitrogen and oxygen atoms in total. The lowest BCUT2D eigenvalue weighted by molar-refractivity contribution is 0.267. The number of hydrogen-bond acceptors (Lipinski definition) is 5. The maximum Gasteiger partial charge on any atom is 0.175 e. The number of hydrazone groups is 1. The van der Waals surface area contributed by atoms with Gasteiger partial charge in [0.25, 0.3) is 0 Å². The predicted molar refractivity (Wildman–Crippen MR) is 136 cm³/mol. The maximum atomic E-state index is 6.06. The van der Waals surface area contributed by atoms with Crippen LogP contribution in [0.4, 0.5) is 0 Å². The molecular weight excluding hydrogens is 571 g/mol. The highest BCUT2D eigenvalue weighted by molar-refractivity contribution is 14.1. The summed E-state index contributed by atoms with van der Waals surface area (Å²) in [4.78, 5) is 0. The molecule has 0 fully saturated rings. The van der Waals surface area contributed by atoms with E-state index in [1.54, 1.807) is 13.3 Å². The molecule has 0 saturated heterocycles. The minimum atomic E-state index is 0.462. The Morgan fingerprint density at radius 1 is 1.03 bits per heavy atom. The monoisotopic (exact) mass is 594 g/mol. The van der Waals surface area contributed by atoms with Gasteiger partial charge in [0, 0.05) is 9.13 Å². The third-order valence-corrected chi connectivity index (χ3v) is 5.70. The predicted octanol–water partition coefficient (Wildman–Crippen LogP) is 6.16. The molecule has 0 aliphatic rings. The summed E-state index contributed by atoms with van der Waals surface area (Å²) in [5.41, 5.74) is 6.09. The summed E-state index contributed by atoms with van der Waals surface area (Å²) >= 11 is 5.90. The van der Waals surface area contributed by atoms with Crippen molar-refractivity contribution in [3.8, 4) is 17.2 Å². The SMILES string of the molecule is CCOc1cc(/C=N/NCc2ccccc2OC)cc(Br)c1OCc1ccc(I)cc1. The van der Waals surface area contributed by atoms with Gasteiger partial charge in [-0.3, -0.25) is 0 Å². The topological polar surface area (TPSA) is 52.1 Å². The number of benzene rings is 3. The van der Waals surface area contributed by atoms with Crippen LogP contribution >= 0.6 is 38.5 Å². The number of nitrogens with zero attached hydrogens (tertiary/aromatic N) is 1. The summed E-state index contributed by atoms with van der Waals surface area (Å²) in [7, 11) is 1.66. The van der Waals surface area contributed by atoms with E-state index in [1.165, 1.54) is 3.57 Å². The van der Waals surface area contributed by atoms with Gasteiger partial charge in [-0.15, -0.1) is 0 Å². The minimum absolute atomic E-state index is 0.462. The van der Waals surface area contributed by atoms with Crippen LogP contribution in [0.15, 0.2) is 70.2 Å². The van der Waals surface area contributed by atoms with Crippen LogP contribution in [-0.4, -0.2) is 19.9 Å². The molecule has 0 spiro atoms. The lowest BCUT2D eigenvalue weighted by Crippen LogP contribution is -2.07. The molecule has 3 aromatic carbocycles. The Morgan fingerprint density at radius 2 is 1.81 bits per heavy atom. The number of methoxy groups -OCH3 is 1. The molecule has 3 rings (SSSR count). The fraction of sp³-hybridized carbons (Fsp3) is 0.208. The largest absolute Gasteiger partial charge is 0.496 e. The molecule has 7 heteroatoms. The minimum Gasteiger partial charge on any atom is -0.496 e. The second kappa shape index (κ2) is 12.0. The first-order valence-electron chi connectivity index (χ1n) is 9.82. The molecule has 0 aliphatic carbocycles. The van der Waals surface area contributed by atoms with Crippen LogP contribution in [0, 0.1) is 3.57 Å². The van der Waals surface area contributed by atoms with Gasteiger partial charge in [0.15, 0.2) is 11.5 Å². The van der Waals surface area contributed by atoms with E-state index in [2.05, 4.69) is 73.3 Å². The van der Waals surface area contributed by atoms with Gasteiger partial charge in [-0.2, -0.15) is 5.10 Å². The zero-order valence-corrected chi connectivity index (χ0v) is 21.1. The van der Waals surface area contributed by atoms with Crippen molar-refractivity contribution in [2.75, 3.05) is 13.7 Å². The first kappa shape index (κ1) is 23.4. The van der Waals surface area contributed by atoms with Crippen molar-refractivity contribution in [2.45, 2.75) is 20.1 Å². The van der Waals surface area contributed by atoms with E-state index in [-0.39, 0.29) is 0 Å². The van der Waals surface area contributed by atoms with Gasteiger partial charge in [-0.25, -0.2) is 0 Å². The van der Waals surface area contributed by atoms with E-state index < -0.39 is 0 Å². The molecule has 31 heavy (non-hydrogen) atoms. The molecule has 0 amide bonds. The van der Waals surface area contributed by atoms with E-state index in [4.69, 9.17) is 14.2 Å². The van der Waals surface area contributed by atoms with Crippen molar-refractivity contribution in [3.63, 3.8) is 0 Å². The fourth-order valence-electron chi connectivity index (χ4n) is 2.90. The number of hydrogen-bond donors (Lipinski definition) is 1. The molecule has 0 atom stereocenters. The van der Waals surface area contributed by atoms with Gasteiger partial charge in [0.2, 0.25) is 0 Å². The molecular formula is C24H24BrIN2O3. The van der Waals surface area contributed by atoms with Crippen LogP contribution < -0.4 is 19.6 Å². The summed E-state index contributed by atoms with van der Waals surface area (Å²) in [6.07, 6.45) is 1.76. The second-order valence-electron chi connectivity index (χ2n) is 6.58. The van der Waals surface area contributed by atoms with Crippen LogP contribution in [-0.2, 0) is 13.2 Å². The molecule has 0 bridgehead atoms. The van der Waals surface area contributed by atoms with Gasteiger partial charge in [0.1, 0.15) is 12.4 Å². The highest BCUT2D eigenvalue weighted by atomic mass is 127. The molecule has 0 heterocycles. The third kappa shape index (κ3) is 6.87. The molecule has 0 unspecified atom stereocenters. The number of ether oxygens (including phenoxy) is 3. The van der Waals surface area contributed by atoms with Crippen LogP contribution in [0.2, 0.25) is 0 Å². The van der Waals surface area contributed by atoms with Crippen LogP contribution in [0.25, 0.3) is 0 Å². The number of rotatable bonds is 10. The van der Waals surface area contributed by atoms with Crippen molar-refractivity contribution in [1.29, 1.82) is 0 Å². The lowest BCUT2D eigenvalue weighted by Gasteiger charge is -2.15. The summed E-state index contributed by atoms with van der Waals surface area (Å²) in [6.45, 7) is 3.52. The Balaban J connectivity index is 1.68. The Kier molecular flexibility index (Phi) is 9.02. The number of para-hydroxylation sites is 1. The molecule has 1 N–H and O–H groups in total. The average molecular weight is 595 g/mol. The Morgan fingerprint density at radius 3 is 2.55 bits per heavy atom. The van der Waals surface area contributed by atoms with Crippen LogP contribution in [0.1, 0.15) is 23.6 Å². The molecule has 0 aliphatic heterocycles. The zero-order chi connectivity index (χ0) is 22.1. The van der Waals surface area contributed by atoms with E-state index in [0.717, 1.165) is 26.9 Å². The number of nitrogens with one attached hydrogen (secondary N) is 1. The molecule has 0 radical (unpaired) electrons. The van der Waals surface area contributed by atoms with Gasteiger partial charge in [-0.05, 0) is 86.9 Å². The molecule has 0 aromatic heterocycles. The van der Waals surface area contributed by atoms with Crippen molar-refractivity contribution in [2.24, 2.45) is 5.10 Å². The fourth-order valence-corrected chi connectivity index (χ4v) is 3.84. The molecule has 0 saturated carbocycles. The standard InChI is InChI=1S/C24H24BrIN2O3/c1-3-30-23-13-18(14-27-28-15-19-6-4-5-7-22(19)29-2)12-21(25)24(23)31-16-17-8-10-20(26)11-9-17/h4-14,28H,3,15-16H2,1-2H3/b27-14+. The maximum absolute atomic E-state index is 6.06. The third-order valence-electron chi connectivity index (χ3n) is 4.40. The summed E-state index contributed by atoms with van der Waals surface area (Å²) in [5, 5.41) is 4.34. The van der Waals surface area contributed by atoms with Crippen molar-refractivity contribution in [3.05, 3.63) is 85.4 Å². The zero-order valence-electron chi connectivity index (χ0n) is 17.4. The first-order chi connectivity index (χ1) is 15.1.